The smallest absolute Gasteiger partial charge is 0.344 e. The summed E-state index contributed by atoms with van der Waals surface area (Å²) in [5.41, 5.74) is 5.13. The molecule has 0 unspecified atom stereocenters. The van der Waals surface area contributed by atoms with Crippen molar-refractivity contribution in [2.45, 2.75) is 5.92 Å². The van der Waals surface area contributed by atoms with E-state index in [-0.39, 0.29) is 28.4 Å². The molecule has 4 rings (SSSR count). The number of nitrogens with two attached hydrogens (primary N) is 1. The minimum absolute atomic E-state index is 0.0488. The lowest BCUT2D eigenvalue weighted by atomic mass is 9.86. The molecule has 2 heterocycles. The fourth-order valence-corrected chi connectivity index (χ4v) is 3.33. The first-order valence-corrected chi connectivity index (χ1v) is 8.17. The van der Waals surface area contributed by atoms with Gasteiger partial charge in [-0.3, -0.25) is 10.1 Å². The van der Waals surface area contributed by atoms with Gasteiger partial charge in [0.05, 0.1) is 23.0 Å². The van der Waals surface area contributed by atoms with Gasteiger partial charge in [-0.2, -0.15) is 0 Å². The molecule has 0 fully saturated rings. The van der Waals surface area contributed by atoms with Crippen LogP contribution in [0.3, 0.4) is 0 Å². The van der Waals surface area contributed by atoms with Crippen LogP contribution >= 0.6 is 0 Å². The molecule has 2 aromatic carbocycles. The van der Waals surface area contributed by atoms with Crippen molar-refractivity contribution < 1.29 is 23.9 Å². The summed E-state index contributed by atoms with van der Waals surface area (Å²) in [5.74, 6) is -1.55. The van der Waals surface area contributed by atoms with Crippen LogP contribution in [-0.4, -0.2) is 17.1 Å². The number of ether oxygens (including phenoxy) is 2. The van der Waals surface area contributed by atoms with Crippen molar-refractivity contribution in [2.75, 3.05) is 7.11 Å². The molecule has 9 nitrogen and oxygen atoms in total. The van der Waals surface area contributed by atoms with Crippen LogP contribution in [-0.2, 0) is 0 Å². The van der Waals surface area contributed by atoms with E-state index in [0.29, 0.717) is 10.9 Å². The molecule has 0 aliphatic carbocycles. The third-order valence-corrected chi connectivity index (χ3v) is 4.56. The monoisotopic (exact) mass is 382 g/mol. The van der Waals surface area contributed by atoms with Crippen LogP contribution in [0.4, 0.5) is 0 Å². The van der Waals surface area contributed by atoms with E-state index < -0.39 is 28.0 Å². The fourth-order valence-electron chi connectivity index (χ4n) is 3.33. The summed E-state index contributed by atoms with van der Waals surface area (Å²) in [4.78, 5) is 23.8. The lowest BCUT2D eigenvalue weighted by Gasteiger charge is -2.24. The molecule has 0 saturated heterocycles. The highest BCUT2D eigenvalue weighted by atomic mass is 16.6. The van der Waals surface area contributed by atoms with E-state index in [2.05, 4.69) is 0 Å². The van der Waals surface area contributed by atoms with Gasteiger partial charge in [-0.05, 0) is 29.8 Å². The van der Waals surface area contributed by atoms with Crippen molar-refractivity contribution in [1.29, 1.82) is 0 Å². The highest BCUT2D eigenvalue weighted by Gasteiger charge is 2.42. The Labute approximate surface area is 157 Å². The normalized spacial score (nSPS) is 15.8. The molecule has 0 amide bonds. The Morgan fingerprint density at radius 3 is 2.71 bits per heavy atom. The number of methoxy groups -OCH3 is 1. The lowest BCUT2D eigenvalue weighted by Crippen LogP contribution is -2.29. The highest BCUT2D eigenvalue weighted by Crippen LogP contribution is 2.45. The molecular weight excluding hydrogens is 368 g/mol. The van der Waals surface area contributed by atoms with E-state index in [1.165, 1.54) is 25.3 Å². The van der Waals surface area contributed by atoms with Crippen LogP contribution in [0.5, 0.6) is 17.2 Å². The largest absolute Gasteiger partial charge is 0.504 e. The Kier molecular flexibility index (Phi) is 3.92. The number of phenolic OH excluding ortho intramolecular Hbond substituents is 1. The standard InChI is InChI=1S/C19H14N2O7/c1-26-13-8-9(6-7-11(13)22)14-15-17(28-18(20)16(14)21(24)25)10-4-2-3-5-12(10)27-19(15)23/h2-8,14,22H,20H2,1H3/t14-/m0/s1. The number of fused-ring (bicyclic) bond motifs is 3. The molecule has 142 valence electrons. The number of aromatic hydroxyl groups is 1. The van der Waals surface area contributed by atoms with Gasteiger partial charge in [-0.25, -0.2) is 4.79 Å². The third-order valence-electron chi connectivity index (χ3n) is 4.56. The van der Waals surface area contributed by atoms with Crippen LogP contribution < -0.4 is 20.8 Å². The maximum atomic E-state index is 12.7. The zero-order valence-corrected chi connectivity index (χ0v) is 14.5. The molecule has 28 heavy (non-hydrogen) atoms. The van der Waals surface area contributed by atoms with E-state index in [9.17, 15) is 20.0 Å². The predicted molar refractivity (Wildman–Crippen MR) is 97.8 cm³/mol. The molecule has 3 aromatic rings. The van der Waals surface area contributed by atoms with E-state index in [1.54, 1.807) is 24.3 Å². The van der Waals surface area contributed by atoms with Crippen LogP contribution in [0.1, 0.15) is 17.0 Å². The van der Waals surface area contributed by atoms with Crippen molar-refractivity contribution in [3.05, 3.63) is 85.7 Å². The Balaban J connectivity index is 2.08. The number of allylic oxidation sites excluding steroid dienone is 1. The summed E-state index contributed by atoms with van der Waals surface area (Å²) in [6, 6.07) is 10.8. The van der Waals surface area contributed by atoms with Crippen LogP contribution in [0, 0.1) is 10.1 Å². The zero-order valence-electron chi connectivity index (χ0n) is 14.5. The Bertz CT molecular complexity index is 1210. The summed E-state index contributed by atoms with van der Waals surface area (Å²) in [5, 5.41) is 22.0. The number of rotatable bonds is 3. The lowest BCUT2D eigenvalue weighted by molar-refractivity contribution is -0.432. The third kappa shape index (κ3) is 2.52. The summed E-state index contributed by atoms with van der Waals surface area (Å²) < 4.78 is 15.9. The number of benzene rings is 2. The molecule has 1 aromatic heterocycles. The van der Waals surface area contributed by atoms with E-state index >= 15 is 0 Å². The van der Waals surface area contributed by atoms with Crippen molar-refractivity contribution in [3.63, 3.8) is 0 Å². The molecule has 3 N–H and O–H groups in total. The van der Waals surface area contributed by atoms with Crippen molar-refractivity contribution in [2.24, 2.45) is 5.73 Å². The van der Waals surface area contributed by atoms with Gasteiger partial charge in [-0.15, -0.1) is 0 Å². The number of hydrogen-bond donors (Lipinski definition) is 2. The Morgan fingerprint density at radius 1 is 1.25 bits per heavy atom. The number of phenols is 1. The second-order valence-corrected chi connectivity index (χ2v) is 6.10. The Hall–Kier alpha value is -4.01. The molecule has 0 bridgehead atoms. The van der Waals surface area contributed by atoms with Crippen molar-refractivity contribution in [3.8, 4) is 17.2 Å². The van der Waals surface area contributed by atoms with Crippen LogP contribution in [0.2, 0.25) is 0 Å². The van der Waals surface area contributed by atoms with Gasteiger partial charge in [0, 0.05) is 0 Å². The van der Waals surface area contributed by atoms with E-state index in [0.717, 1.165) is 0 Å². The number of nitrogens with zero attached hydrogens (tertiary/aromatic N) is 1. The second-order valence-electron chi connectivity index (χ2n) is 6.10. The molecule has 1 aliphatic rings. The summed E-state index contributed by atoms with van der Waals surface area (Å²) in [6.07, 6.45) is 0. The molecule has 0 spiro atoms. The summed E-state index contributed by atoms with van der Waals surface area (Å²) >= 11 is 0. The zero-order chi connectivity index (χ0) is 20.0. The quantitative estimate of drug-likeness (QED) is 0.400. The highest BCUT2D eigenvalue weighted by molar-refractivity contribution is 5.85. The SMILES string of the molecule is COc1cc([C@@H]2C([N+](=O)[O-])=C(N)Oc3c2c(=O)oc2ccccc32)ccc1O. The van der Waals surface area contributed by atoms with E-state index in [1.807, 2.05) is 0 Å². The first-order valence-electron chi connectivity index (χ1n) is 8.17. The first kappa shape index (κ1) is 17.4. The fraction of sp³-hybridized carbons (Fsp3) is 0.105. The van der Waals surface area contributed by atoms with Gasteiger partial charge in [0.2, 0.25) is 0 Å². The topological polar surface area (TPSA) is 138 Å². The van der Waals surface area contributed by atoms with Gasteiger partial charge in [0.1, 0.15) is 11.5 Å². The summed E-state index contributed by atoms with van der Waals surface area (Å²) in [7, 11) is 1.34. The van der Waals surface area contributed by atoms with Gasteiger partial charge >= 0.3 is 11.3 Å². The maximum Gasteiger partial charge on any atom is 0.344 e. The average Bonchev–Trinajstić information content (AvgIpc) is 2.67. The van der Waals surface area contributed by atoms with Crippen LogP contribution in [0.25, 0.3) is 11.0 Å². The van der Waals surface area contributed by atoms with Crippen molar-refractivity contribution in [1.82, 2.24) is 0 Å². The predicted octanol–water partition coefficient (Wildman–Crippen LogP) is 2.44. The van der Waals surface area contributed by atoms with Gasteiger partial charge < -0.3 is 24.7 Å². The molecular formula is C19H14N2O7. The first-order chi connectivity index (χ1) is 13.4. The van der Waals surface area contributed by atoms with Gasteiger partial charge in [0.15, 0.2) is 17.2 Å². The van der Waals surface area contributed by atoms with Gasteiger partial charge in [-0.1, -0.05) is 18.2 Å². The minimum Gasteiger partial charge on any atom is -0.504 e. The van der Waals surface area contributed by atoms with Crippen molar-refractivity contribution >= 4 is 11.0 Å². The minimum atomic E-state index is -1.17. The maximum absolute atomic E-state index is 12.7. The molecule has 0 radical (unpaired) electrons. The number of hydrogen-bond acceptors (Lipinski definition) is 8. The number of nitro groups is 1. The summed E-state index contributed by atoms with van der Waals surface area (Å²) in [6.45, 7) is 0. The second kappa shape index (κ2) is 6.31. The van der Waals surface area contributed by atoms with Gasteiger partial charge in [0.25, 0.3) is 5.88 Å². The van der Waals surface area contributed by atoms with E-state index in [4.69, 9.17) is 19.6 Å². The molecule has 1 atom stereocenters. The average molecular weight is 382 g/mol. The Morgan fingerprint density at radius 2 is 2.00 bits per heavy atom. The molecule has 0 saturated carbocycles. The number of para-hydroxylation sites is 1. The molecule has 1 aliphatic heterocycles. The van der Waals surface area contributed by atoms with Crippen LogP contribution in [0.15, 0.2) is 63.3 Å². The molecule has 9 heteroatoms.